The summed E-state index contributed by atoms with van der Waals surface area (Å²) in [4.78, 5) is 0. The van der Waals surface area contributed by atoms with E-state index in [-0.39, 0.29) is 17.7 Å². The first kappa shape index (κ1) is 16.5. The van der Waals surface area contributed by atoms with E-state index in [0.717, 1.165) is 32.6 Å². The van der Waals surface area contributed by atoms with E-state index in [0.29, 0.717) is 0 Å². The molecule has 0 spiro atoms. The summed E-state index contributed by atoms with van der Waals surface area (Å²) in [6.45, 7) is 11.0. The van der Waals surface area contributed by atoms with Gasteiger partial charge in [0.15, 0.2) is 0 Å². The van der Waals surface area contributed by atoms with Crippen molar-refractivity contribution in [1.29, 1.82) is 0 Å². The standard InChI is InChI=1S/C18H29NO2/c1-5-19-17(18(3,4)21-6-2)13-16-15-10-8-7-9-14(15)11-12-20-16/h7-10,16-17,19H,5-6,11-13H2,1-4H3. The molecule has 0 amide bonds. The second-order valence-corrected chi connectivity index (χ2v) is 6.19. The van der Waals surface area contributed by atoms with E-state index in [4.69, 9.17) is 9.47 Å². The summed E-state index contributed by atoms with van der Waals surface area (Å²) in [6, 6.07) is 8.93. The number of nitrogens with one attached hydrogen (secondary N) is 1. The van der Waals surface area contributed by atoms with E-state index in [1.54, 1.807) is 0 Å². The second kappa shape index (κ2) is 7.39. The first-order valence-corrected chi connectivity index (χ1v) is 8.15. The van der Waals surface area contributed by atoms with Crippen LogP contribution in [0.3, 0.4) is 0 Å². The number of ether oxygens (including phenoxy) is 2. The summed E-state index contributed by atoms with van der Waals surface area (Å²) in [5.41, 5.74) is 2.58. The molecule has 0 aliphatic carbocycles. The molecule has 2 unspecified atom stereocenters. The third kappa shape index (κ3) is 4.06. The van der Waals surface area contributed by atoms with Crippen LogP contribution in [0.25, 0.3) is 0 Å². The maximum atomic E-state index is 6.06. The molecule has 1 aliphatic heterocycles. The lowest BCUT2D eigenvalue weighted by Crippen LogP contribution is -2.49. The van der Waals surface area contributed by atoms with Crippen LogP contribution in [-0.2, 0) is 15.9 Å². The summed E-state index contributed by atoms with van der Waals surface area (Å²) >= 11 is 0. The molecule has 0 bridgehead atoms. The lowest BCUT2D eigenvalue weighted by molar-refractivity contribution is -0.0589. The quantitative estimate of drug-likeness (QED) is 0.834. The van der Waals surface area contributed by atoms with Gasteiger partial charge in [0.05, 0.1) is 18.3 Å². The van der Waals surface area contributed by atoms with Crippen LogP contribution in [0.15, 0.2) is 24.3 Å². The zero-order valence-electron chi connectivity index (χ0n) is 13.8. The van der Waals surface area contributed by atoms with Gasteiger partial charge in [-0.25, -0.2) is 0 Å². The molecule has 2 atom stereocenters. The first-order valence-electron chi connectivity index (χ1n) is 8.15. The molecule has 3 heteroatoms. The molecule has 0 saturated carbocycles. The predicted octanol–water partition coefficient (Wildman–Crippen LogP) is 3.48. The molecule has 0 fully saturated rings. The van der Waals surface area contributed by atoms with Gasteiger partial charge in [-0.15, -0.1) is 0 Å². The van der Waals surface area contributed by atoms with E-state index in [2.05, 4.69) is 57.3 Å². The fourth-order valence-corrected chi connectivity index (χ4v) is 3.22. The van der Waals surface area contributed by atoms with Gasteiger partial charge >= 0.3 is 0 Å². The number of benzene rings is 1. The molecular formula is C18H29NO2. The number of hydrogen-bond donors (Lipinski definition) is 1. The second-order valence-electron chi connectivity index (χ2n) is 6.19. The van der Waals surface area contributed by atoms with Crippen molar-refractivity contribution in [3.05, 3.63) is 35.4 Å². The average Bonchev–Trinajstić information content (AvgIpc) is 2.47. The Morgan fingerprint density at radius 2 is 2.10 bits per heavy atom. The molecule has 118 valence electrons. The number of rotatable bonds is 7. The van der Waals surface area contributed by atoms with Gasteiger partial charge in [0.25, 0.3) is 0 Å². The molecule has 21 heavy (non-hydrogen) atoms. The Kier molecular flexibility index (Phi) is 5.80. The Morgan fingerprint density at radius 3 is 2.81 bits per heavy atom. The van der Waals surface area contributed by atoms with Gasteiger partial charge in [-0.05, 0) is 51.3 Å². The molecule has 2 rings (SSSR count). The van der Waals surface area contributed by atoms with Gasteiger partial charge in [-0.3, -0.25) is 0 Å². The first-order chi connectivity index (χ1) is 10.1. The molecule has 0 saturated heterocycles. The molecule has 1 aromatic rings. The largest absolute Gasteiger partial charge is 0.374 e. The van der Waals surface area contributed by atoms with Crippen molar-refractivity contribution in [3.63, 3.8) is 0 Å². The van der Waals surface area contributed by atoms with Crippen LogP contribution in [0.1, 0.15) is 51.3 Å². The van der Waals surface area contributed by atoms with Crippen molar-refractivity contribution >= 4 is 0 Å². The average molecular weight is 291 g/mol. The lowest BCUT2D eigenvalue weighted by atomic mass is 9.87. The van der Waals surface area contributed by atoms with Crippen LogP contribution in [0.2, 0.25) is 0 Å². The summed E-state index contributed by atoms with van der Waals surface area (Å²) in [6.07, 6.45) is 2.13. The highest BCUT2D eigenvalue weighted by Gasteiger charge is 2.33. The van der Waals surface area contributed by atoms with E-state index < -0.39 is 0 Å². The number of likely N-dealkylation sites (N-methyl/N-ethyl adjacent to an activating group) is 1. The van der Waals surface area contributed by atoms with Gasteiger partial charge in [0.1, 0.15) is 0 Å². The third-order valence-electron chi connectivity index (χ3n) is 4.35. The predicted molar refractivity (Wildman–Crippen MR) is 86.6 cm³/mol. The summed E-state index contributed by atoms with van der Waals surface area (Å²) in [5.74, 6) is 0. The summed E-state index contributed by atoms with van der Waals surface area (Å²) < 4.78 is 12.0. The zero-order valence-corrected chi connectivity index (χ0v) is 13.8. The summed E-state index contributed by atoms with van der Waals surface area (Å²) in [5, 5.41) is 3.58. The molecule has 1 N–H and O–H groups in total. The highest BCUT2D eigenvalue weighted by Crippen LogP contribution is 2.33. The van der Waals surface area contributed by atoms with Crippen LogP contribution in [0.4, 0.5) is 0 Å². The molecule has 1 heterocycles. The van der Waals surface area contributed by atoms with E-state index >= 15 is 0 Å². The zero-order chi connectivity index (χ0) is 15.3. The van der Waals surface area contributed by atoms with E-state index in [9.17, 15) is 0 Å². The van der Waals surface area contributed by atoms with Crippen LogP contribution < -0.4 is 5.32 Å². The fourth-order valence-electron chi connectivity index (χ4n) is 3.22. The molecule has 1 aliphatic rings. The van der Waals surface area contributed by atoms with Gasteiger partial charge < -0.3 is 14.8 Å². The minimum atomic E-state index is -0.194. The number of fused-ring (bicyclic) bond motifs is 1. The molecule has 0 aromatic heterocycles. The van der Waals surface area contributed by atoms with Crippen molar-refractivity contribution in [1.82, 2.24) is 5.32 Å². The highest BCUT2D eigenvalue weighted by molar-refractivity contribution is 5.31. The SMILES string of the molecule is CCNC(CC1OCCc2ccccc21)C(C)(C)OCC. The maximum Gasteiger partial charge on any atom is 0.0843 e. The van der Waals surface area contributed by atoms with Crippen molar-refractivity contribution in [2.75, 3.05) is 19.8 Å². The minimum Gasteiger partial charge on any atom is -0.374 e. The van der Waals surface area contributed by atoms with Gasteiger partial charge in [0.2, 0.25) is 0 Å². The summed E-state index contributed by atoms with van der Waals surface area (Å²) in [7, 11) is 0. The molecule has 0 radical (unpaired) electrons. The highest BCUT2D eigenvalue weighted by atomic mass is 16.5. The fraction of sp³-hybridized carbons (Fsp3) is 0.667. The maximum absolute atomic E-state index is 6.06. The Hall–Kier alpha value is -0.900. The smallest absolute Gasteiger partial charge is 0.0843 e. The van der Waals surface area contributed by atoms with Gasteiger partial charge in [0, 0.05) is 12.6 Å². The van der Waals surface area contributed by atoms with Crippen molar-refractivity contribution in [2.45, 2.75) is 58.3 Å². The van der Waals surface area contributed by atoms with E-state index in [1.165, 1.54) is 11.1 Å². The van der Waals surface area contributed by atoms with Crippen molar-refractivity contribution < 1.29 is 9.47 Å². The van der Waals surface area contributed by atoms with Crippen LogP contribution in [-0.4, -0.2) is 31.4 Å². The monoisotopic (exact) mass is 291 g/mol. The van der Waals surface area contributed by atoms with Crippen LogP contribution in [0.5, 0.6) is 0 Å². The van der Waals surface area contributed by atoms with E-state index in [1.807, 2.05) is 0 Å². The topological polar surface area (TPSA) is 30.5 Å². The molecule has 1 aromatic carbocycles. The minimum absolute atomic E-state index is 0.165. The Morgan fingerprint density at radius 1 is 1.33 bits per heavy atom. The Bertz CT molecular complexity index is 445. The van der Waals surface area contributed by atoms with Crippen molar-refractivity contribution in [3.8, 4) is 0 Å². The molecule has 3 nitrogen and oxygen atoms in total. The van der Waals surface area contributed by atoms with Gasteiger partial charge in [-0.2, -0.15) is 0 Å². The number of hydrogen-bond acceptors (Lipinski definition) is 3. The lowest BCUT2D eigenvalue weighted by Gasteiger charge is -2.38. The van der Waals surface area contributed by atoms with Crippen LogP contribution >= 0.6 is 0 Å². The Balaban J connectivity index is 2.14. The third-order valence-corrected chi connectivity index (χ3v) is 4.35. The van der Waals surface area contributed by atoms with Crippen LogP contribution in [0, 0.1) is 0 Å². The van der Waals surface area contributed by atoms with Crippen molar-refractivity contribution in [2.24, 2.45) is 0 Å². The Labute approximate surface area is 129 Å². The molecular weight excluding hydrogens is 262 g/mol. The normalized spacial score (nSPS) is 20.1. The van der Waals surface area contributed by atoms with Gasteiger partial charge in [-0.1, -0.05) is 31.2 Å².